The third-order valence-corrected chi connectivity index (χ3v) is 4.08. The van der Waals surface area contributed by atoms with Crippen LogP contribution >= 0.6 is 34.9 Å². The van der Waals surface area contributed by atoms with Gasteiger partial charge in [0.2, 0.25) is 0 Å². The molecule has 0 aliphatic carbocycles. The monoisotopic (exact) mass is 272 g/mol. The van der Waals surface area contributed by atoms with Gasteiger partial charge in [-0.15, -0.1) is 11.3 Å². The van der Waals surface area contributed by atoms with Crippen LogP contribution in [0.2, 0.25) is 0 Å². The van der Waals surface area contributed by atoms with Gasteiger partial charge < -0.3 is 5.11 Å². The number of aliphatic carboxylic acids is 1. The van der Waals surface area contributed by atoms with E-state index in [0.717, 1.165) is 15.4 Å². The molecular weight excluding hydrogens is 264 g/mol. The summed E-state index contributed by atoms with van der Waals surface area (Å²) in [7, 11) is 0. The minimum atomic E-state index is -0.783. The van der Waals surface area contributed by atoms with Crippen LogP contribution in [0.3, 0.4) is 0 Å². The number of nitrogens with one attached hydrogen (secondary N) is 1. The Hall–Kier alpha value is -1.05. The lowest BCUT2D eigenvalue weighted by molar-refractivity contribution is -0.136. The molecule has 2 rings (SSSR count). The second-order valence-electron chi connectivity index (χ2n) is 3.07. The quantitative estimate of drug-likeness (QED) is 0.840. The Bertz CT molecular complexity index is 555. The van der Waals surface area contributed by atoms with Gasteiger partial charge in [-0.05, 0) is 30.1 Å². The lowest BCUT2D eigenvalue weighted by Gasteiger charge is -1.97. The molecule has 2 N–H and O–H groups in total. The second kappa shape index (κ2) is 4.86. The molecule has 0 aliphatic rings. The number of nitrogens with zero attached hydrogens (tertiary/aromatic N) is 1. The molecule has 2 aromatic rings. The summed E-state index contributed by atoms with van der Waals surface area (Å²) in [5.41, 5.74) is 0.989. The van der Waals surface area contributed by atoms with Crippen LogP contribution in [-0.2, 0) is 11.2 Å². The van der Waals surface area contributed by atoms with Gasteiger partial charge in [-0.1, -0.05) is 11.3 Å². The van der Waals surface area contributed by atoms with Gasteiger partial charge in [0.05, 0.1) is 6.42 Å². The van der Waals surface area contributed by atoms with Gasteiger partial charge in [0.1, 0.15) is 5.01 Å². The molecule has 4 nitrogen and oxygen atoms in total. The van der Waals surface area contributed by atoms with Gasteiger partial charge in [0, 0.05) is 10.4 Å². The number of hydrogen-bond acceptors (Lipinski definition) is 5. The van der Waals surface area contributed by atoms with Crippen LogP contribution in [0.5, 0.6) is 0 Å². The molecule has 0 aromatic carbocycles. The maximum Gasteiger partial charge on any atom is 0.303 e. The van der Waals surface area contributed by atoms with Gasteiger partial charge in [0.25, 0.3) is 0 Å². The minimum Gasteiger partial charge on any atom is -0.481 e. The van der Waals surface area contributed by atoms with E-state index in [9.17, 15) is 4.79 Å². The van der Waals surface area contributed by atoms with Crippen molar-refractivity contribution in [1.29, 1.82) is 0 Å². The topological polar surface area (TPSA) is 66.0 Å². The molecule has 16 heavy (non-hydrogen) atoms. The summed E-state index contributed by atoms with van der Waals surface area (Å²) in [6.07, 6.45) is 0.679. The van der Waals surface area contributed by atoms with E-state index >= 15 is 0 Å². The first-order valence-corrected chi connectivity index (χ1v) is 6.61. The SMILES string of the molecule is O=C(O)CCc1sccc1-c1n[nH]c(=S)s1. The van der Waals surface area contributed by atoms with Crippen molar-refractivity contribution in [2.75, 3.05) is 0 Å². The minimum absolute atomic E-state index is 0.142. The Balaban J connectivity index is 2.25. The number of hydrogen-bond donors (Lipinski definition) is 2. The number of aryl methyl sites for hydroxylation is 1. The average Bonchev–Trinajstić information content (AvgIpc) is 2.82. The summed E-state index contributed by atoms with van der Waals surface area (Å²) in [4.78, 5) is 11.6. The van der Waals surface area contributed by atoms with Crippen LogP contribution in [0.25, 0.3) is 10.6 Å². The summed E-state index contributed by atoms with van der Waals surface area (Å²) >= 11 is 7.92. The zero-order valence-electron chi connectivity index (χ0n) is 8.10. The Morgan fingerprint density at radius 1 is 1.62 bits per heavy atom. The first kappa shape index (κ1) is 11.4. The zero-order valence-corrected chi connectivity index (χ0v) is 10.5. The molecule has 0 atom stereocenters. The normalized spacial score (nSPS) is 10.5. The van der Waals surface area contributed by atoms with Gasteiger partial charge in [-0.3, -0.25) is 9.89 Å². The largest absolute Gasteiger partial charge is 0.481 e. The highest BCUT2D eigenvalue weighted by molar-refractivity contribution is 7.73. The fourth-order valence-corrected chi connectivity index (χ4v) is 3.18. The molecule has 0 fully saturated rings. The van der Waals surface area contributed by atoms with Crippen LogP contribution in [0.15, 0.2) is 11.4 Å². The van der Waals surface area contributed by atoms with Gasteiger partial charge >= 0.3 is 5.97 Å². The first-order chi connectivity index (χ1) is 7.66. The third-order valence-electron chi connectivity index (χ3n) is 1.98. The van der Waals surface area contributed by atoms with Crippen LogP contribution < -0.4 is 0 Å². The Morgan fingerprint density at radius 2 is 2.44 bits per heavy atom. The van der Waals surface area contributed by atoms with E-state index < -0.39 is 5.97 Å². The average molecular weight is 272 g/mol. The zero-order chi connectivity index (χ0) is 11.5. The number of carbonyl (C=O) groups is 1. The van der Waals surface area contributed by atoms with E-state index in [1.165, 1.54) is 11.3 Å². The number of rotatable bonds is 4. The van der Waals surface area contributed by atoms with Gasteiger partial charge in [0.15, 0.2) is 3.95 Å². The van der Waals surface area contributed by atoms with Gasteiger partial charge in [-0.2, -0.15) is 5.10 Å². The van der Waals surface area contributed by atoms with Crippen molar-refractivity contribution in [2.24, 2.45) is 0 Å². The highest BCUT2D eigenvalue weighted by Gasteiger charge is 2.11. The molecule has 2 heterocycles. The van der Waals surface area contributed by atoms with E-state index in [0.29, 0.717) is 10.4 Å². The predicted molar refractivity (Wildman–Crippen MR) is 66.6 cm³/mol. The summed E-state index contributed by atoms with van der Waals surface area (Å²) in [5.74, 6) is -0.783. The summed E-state index contributed by atoms with van der Waals surface area (Å²) in [6, 6.07) is 1.95. The van der Waals surface area contributed by atoms with Crippen molar-refractivity contribution in [3.05, 3.63) is 20.3 Å². The molecule has 2 aromatic heterocycles. The van der Waals surface area contributed by atoms with Crippen LogP contribution in [0.1, 0.15) is 11.3 Å². The number of H-pyrrole nitrogens is 1. The molecule has 84 valence electrons. The molecule has 0 saturated carbocycles. The van der Waals surface area contributed by atoms with Crippen LogP contribution in [0, 0.1) is 3.95 Å². The van der Waals surface area contributed by atoms with Gasteiger partial charge in [-0.25, -0.2) is 0 Å². The van der Waals surface area contributed by atoms with Crippen molar-refractivity contribution in [1.82, 2.24) is 10.2 Å². The molecule has 0 radical (unpaired) electrons. The number of aromatic nitrogens is 2. The molecule has 0 saturated heterocycles. The number of carboxylic acids is 1. The summed E-state index contributed by atoms with van der Waals surface area (Å²) in [6.45, 7) is 0. The van der Waals surface area contributed by atoms with Crippen molar-refractivity contribution in [2.45, 2.75) is 12.8 Å². The van der Waals surface area contributed by atoms with E-state index in [4.69, 9.17) is 17.3 Å². The molecule has 0 aliphatic heterocycles. The van der Waals surface area contributed by atoms with E-state index in [2.05, 4.69) is 10.2 Å². The summed E-state index contributed by atoms with van der Waals surface area (Å²) in [5, 5.41) is 18.2. The third kappa shape index (κ3) is 2.55. The molecular formula is C9H8N2O2S3. The summed E-state index contributed by atoms with van der Waals surface area (Å²) < 4.78 is 0.630. The predicted octanol–water partition coefficient (Wildman–Crippen LogP) is 2.95. The number of aromatic amines is 1. The van der Waals surface area contributed by atoms with E-state index in [1.54, 1.807) is 11.3 Å². The van der Waals surface area contributed by atoms with E-state index in [-0.39, 0.29) is 6.42 Å². The smallest absolute Gasteiger partial charge is 0.303 e. The fraction of sp³-hybridized carbons (Fsp3) is 0.222. The molecule has 0 amide bonds. The highest BCUT2D eigenvalue weighted by Crippen LogP contribution is 2.30. The van der Waals surface area contributed by atoms with Crippen LogP contribution in [-0.4, -0.2) is 21.3 Å². The fourth-order valence-electron chi connectivity index (χ4n) is 1.29. The van der Waals surface area contributed by atoms with Crippen molar-refractivity contribution < 1.29 is 9.90 Å². The maximum absolute atomic E-state index is 10.5. The van der Waals surface area contributed by atoms with Crippen molar-refractivity contribution >= 4 is 40.9 Å². The standard InChI is InChI=1S/C9H8N2O2S3/c12-7(13)2-1-6-5(3-4-15-6)8-10-11-9(14)16-8/h3-4H,1-2H2,(H,11,14)(H,12,13). The Kier molecular flexibility index (Phi) is 3.47. The maximum atomic E-state index is 10.5. The lowest BCUT2D eigenvalue weighted by atomic mass is 10.2. The highest BCUT2D eigenvalue weighted by atomic mass is 32.1. The molecule has 0 bridgehead atoms. The Labute approximate surface area is 105 Å². The molecule has 0 spiro atoms. The molecule has 0 unspecified atom stereocenters. The number of thiophene rings is 1. The Morgan fingerprint density at radius 3 is 3.06 bits per heavy atom. The molecule has 7 heteroatoms. The second-order valence-corrected chi connectivity index (χ2v) is 5.74. The lowest BCUT2D eigenvalue weighted by Crippen LogP contribution is -1.96. The number of carboxylic acid groups (broad SMARTS) is 1. The van der Waals surface area contributed by atoms with Crippen LogP contribution in [0.4, 0.5) is 0 Å². The first-order valence-electron chi connectivity index (χ1n) is 4.51. The van der Waals surface area contributed by atoms with E-state index in [1.807, 2.05) is 11.4 Å². The van der Waals surface area contributed by atoms with Crippen molar-refractivity contribution in [3.63, 3.8) is 0 Å². The van der Waals surface area contributed by atoms with Crippen molar-refractivity contribution in [3.8, 4) is 10.6 Å².